The summed E-state index contributed by atoms with van der Waals surface area (Å²) in [6.07, 6.45) is 8.61. The molecular weight excluding hydrogens is 388 g/mol. The Labute approximate surface area is 174 Å². The monoisotopic (exact) mass is 413 g/mol. The second kappa shape index (κ2) is 10.0. The SMILES string of the molecule is C/C=C(\C=N/C)c1c(F)cncc1/C=C/C(=O)Nc1ccc(CC(C)(C)O)cc1F. The van der Waals surface area contributed by atoms with Crippen molar-refractivity contribution in [3.8, 4) is 0 Å². The van der Waals surface area contributed by atoms with Gasteiger partial charge in [-0.2, -0.15) is 0 Å². The summed E-state index contributed by atoms with van der Waals surface area (Å²) in [6, 6.07) is 4.35. The number of benzene rings is 1. The van der Waals surface area contributed by atoms with Gasteiger partial charge in [0.15, 0.2) is 0 Å². The molecular formula is C23H25F2N3O2. The zero-order valence-corrected chi connectivity index (χ0v) is 17.4. The van der Waals surface area contributed by atoms with Crippen LogP contribution in [0.3, 0.4) is 0 Å². The minimum atomic E-state index is -0.967. The normalized spacial score (nSPS) is 12.7. The lowest BCUT2D eigenvalue weighted by Gasteiger charge is -2.17. The Bertz CT molecular complexity index is 1010. The number of halogens is 2. The van der Waals surface area contributed by atoms with Crippen LogP contribution < -0.4 is 5.32 Å². The molecule has 0 aliphatic rings. The van der Waals surface area contributed by atoms with E-state index < -0.39 is 23.1 Å². The van der Waals surface area contributed by atoms with Crippen LogP contribution in [0.25, 0.3) is 11.6 Å². The Morgan fingerprint density at radius 3 is 2.60 bits per heavy atom. The fourth-order valence-electron chi connectivity index (χ4n) is 2.91. The van der Waals surface area contributed by atoms with Crippen molar-refractivity contribution < 1.29 is 18.7 Å². The van der Waals surface area contributed by atoms with Crippen LogP contribution in [0.2, 0.25) is 0 Å². The summed E-state index contributed by atoms with van der Waals surface area (Å²) in [5, 5.41) is 12.3. The maximum absolute atomic E-state index is 14.3. The first-order valence-corrected chi connectivity index (χ1v) is 9.37. The van der Waals surface area contributed by atoms with Gasteiger partial charge in [-0.3, -0.25) is 14.8 Å². The highest BCUT2D eigenvalue weighted by molar-refractivity contribution is 6.11. The molecule has 1 heterocycles. The van der Waals surface area contributed by atoms with E-state index in [1.165, 1.54) is 36.7 Å². The average molecular weight is 413 g/mol. The number of carbonyl (C=O) groups excluding carboxylic acids is 1. The number of hydrogen-bond donors (Lipinski definition) is 2. The van der Waals surface area contributed by atoms with Crippen LogP contribution in [0.5, 0.6) is 0 Å². The van der Waals surface area contributed by atoms with Gasteiger partial charge in [0.2, 0.25) is 5.91 Å². The second-order valence-corrected chi connectivity index (χ2v) is 7.34. The number of nitrogens with one attached hydrogen (secondary N) is 1. The maximum Gasteiger partial charge on any atom is 0.248 e. The molecule has 2 N–H and O–H groups in total. The standard InChI is InChI=1S/C23H25F2N3O2/c1-5-16(12-26-4)22-17(13-27-14-19(22)25)7-9-21(29)28-20-8-6-15(10-18(20)24)11-23(2,3)30/h5-10,12-14,30H,11H2,1-4H3,(H,28,29)/b9-7+,16-5+,26-12-. The number of allylic oxidation sites excluding steroid dienone is 2. The minimum absolute atomic E-state index is 0.00833. The molecule has 0 fully saturated rings. The van der Waals surface area contributed by atoms with Crippen molar-refractivity contribution in [2.24, 2.45) is 4.99 Å². The average Bonchev–Trinajstić information content (AvgIpc) is 2.66. The van der Waals surface area contributed by atoms with E-state index in [1.54, 1.807) is 40.0 Å². The Morgan fingerprint density at radius 1 is 1.27 bits per heavy atom. The van der Waals surface area contributed by atoms with Gasteiger partial charge in [-0.05, 0) is 50.1 Å². The smallest absolute Gasteiger partial charge is 0.248 e. The number of pyridine rings is 1. The lowest BCUT2D eigenvalue weighted by molar-refractivity contribution is -0.111. The first kappa shape index (κ1) is 23.1. The van der Waals surface area contributed by atoms with Crippen LogP contribution in [0.1, 0.15) is 37.5 Å². The summed E-state index contributed by atoms with van der Waals surface area (Å²) in [6.45, 7) is 5.01. The number of aliphatic imine (C=N–C) groups is 1. The number of hydrogen-bond acceptors (Lipinski definition) is 4. The highest BCUT2D eigenvalue weighted by Crippen LogP contribution is 2.23. The summed E-state index contributed by atoms with van der Waals surface area (Å²) in [4.78, 5) is 20.0. The Hall–Kier alpha value is -3.19. The van der Waals surface area contributed by atoms with E-state index in [1.807, 2.05) is 0 Å². The number of amides is 1. The molecule has 0 spiro atoms. The molecule has 0 aliphatic heterocycles. The zero-order valence-electron chi connectivity index (χ0n) is 17.4. The van der Waals surface area contributed by atoms with Crippen LogP contribution in [0, 0.1) is 11.6 Å². The van der Waals surface area contributed by atoms with E-state index >= 15 is 0 Å². The van der Waals surface area contributed by atoms with Gasteiger partial charge in [0.25, 0.3) is 0 Å². The predicted molar refractivity (Wildman–Crippen MR) is 116 cm³/mol. The first-order chi connectivity index (χ1) is 14.1. The number of aromatic nitrogens is 1. The second-order valence-electron chi connectivity index (χ2n) is 7.34. The molecule has 1 aromatic heterocycles. The summed E-state index contributed by atoms with van der Waals surface area (Å²) in [7, 11) is 1.58. The van der Waals surface area contributed by atoms with Crippen molar-refractivity contribution in [1.29, 1.82) is 0 Å². The molecule has 2 aromatic rings. The highest BCUT2D eigenvalue weighted by Gasteiger charge is 2.15. The van der Waals surface area contributed by atoms with Gasteiger partial charge in [0, 0.05) is 43.1 Å². The lowest BCUT2D eigenvalue weighted by Crippen LogP contribution is -2.22. The van der Waals surface area contributed by atoms with Gasteiger partial charge in [-0.25, -0.2) is 8.78 Å². The fourth-order valence-corrected chi connectivity index (χ4v) is 2.91. The molecule has 0 radical (unpaired) electrons. The van der Waals surface area contributed by atoms with Crippen LogP contribution in [-0.4, -0.2) is 34.9 Å². The Kier molecular flexibility index (Phi) is 7.72. The van der Waals surface area contributed by atoms with Crippen molar-refractivity contribution in [2.45, 2.75) is 32.8 Å². The van der Waals surface area contributed by atoms with Crippen LogP contribution in [0.4, 0.5) is 14.5 Å². The molecule has 0 saturated heterocycles. The summed E-state index contributed by atoms with van der Waals surface area (Å²) in [5.74, 6) is -1.73. The fraction of sp³-hybridized carbons (Fsp3) is 0.261. The van der Waals surface area contributed by atoms with E-state index in [2.05, 4.69) is 15.3 Å². The molecule has 0 saturated carbocycles. The minimum Gasteiger partial charge on any atom is -0.390 e. The molecule has 0 unspecified atom stereocenters. The molecule has 2 rings (SSSR count). The molecule has 1 amide bonds. The molecule has 0 bridgehead atoms. The topological polar surface area (TPSA) is 74.6 Å². The van der Waals surface area contributed by atoms with Gasteiger partial charge < -0.3 is 10.4 Å². The van der Waals surface area contributed by atoms with E-state index in [-0.39, 0.29) is 17.7 Å². The number of carbonyl (C=O) groups is 1. The van der Waals surface area contributed by atoms with E-state index in [4.69, 9.17) is 0 Å². The number of rotatable bonds is 7. The lowest BCUT2D eigenvalue weighted by atomic mass is 9.98. The zero-order chi connectivity index (χ0) is 22.3. The van der Waals surface area contributed by atoms with Gasteiger partial charge in [0.1, 0.15) is 11.6 Å². The molecule has 158 valence electrons. The number of nitrogens with zero attached hydrogens (tertiary/aromatic N) is 2. The maximum atomic E-state index is 14.3. The van der Waals surface area contributed by atoms with Gasteiger partial charge >= 0.3 is 0 Å². The number of aliphatic hydroxyl groups is 1. The van der Waals surface area contributed by atoms with E-state index in [0.717, 1.165) is 6.20 Å². The predicted octanol–water partition coefficient (Wildman–Crippen LogP) is 4.43. The largest absolute Gasteiger partial charge is 0.390 e. The van der Waals surface area contributed by atoms with Gasteiger partial charge in [-0.1, -0.05) is 12.1 Å². The van der Waals surface area contributed by atoms with Crippen LogP contribution in [-0.2, 0) is 11.2 Å². The van der Waals surface area contributed by atoms with Crippen LogP contribution in [0.15, 0.2) is 47.7 Å². The van der Waals surface area contributed by atoms with Crippen molar-refractivity contribution >= 4 is 29.5 Å². The first-order valence-electron chi connectivity index (χ1n) is 9.37. The van der Waals surface area contributed by atoms with Crippen molar-refractivity contribution in [3.63, 3.8) is 0 Å². The third kappa shape index (κ3) is 6.42. The quantitative estimate of drug-likeness (QED) is 0.521. The third-order valence-corrected chi connectivity index (χ3v) is 4.14. The summed E-state index contributed by atoms with van der Waals surface area (Å²) < 4.78 is 28.6. The molecule has 7 heteroatoms. The van der Waals surface area contributed by atoms with Crippen molar-refractivity contribution in [1.82, 2.24) is 4.98 Å². The molecule has 30 heavy (non-hydrogen) atoms. The van der Waals surface area contributed by atoms with Crippen molar-refractivity contribution in [2.75, 3.05) is 12.4 Å². The van der Waals surface area contributed by atoms with E-state index in [0.29, 0.717) is 16.7 Å². The molecule has 0 atom stereocenters. The molecule has 1 aromatic carbocycles. The molecule has 5 nitrogen and oxygen atoms in total. The summed E-state index contributed by atoms with van der Waals surface area (Å²) in [5.41, 5.74) is 0.856. The van der Waals surface area contributed by atoms with Gasteiger partial charge in [0.05, 0.1) is 17.5 Å². The highest BCUT2D eigenvalue weighted by atomic mass is 19.1. The number of anilines is 1. The van der Waals surface area contributed by atoms with Crippen LogP contribution >= 0.6 is 0 Å². The van der Waals surface area contributed by atoms with Crippen molar-refractivity contribution in [3.05, 3.63) is 71.1 Å². The van der Waals surface area contributed by atoms with E-state index in [9.17, 15) is 18.7 Å². The summed E-state index contributed by atoms with van der Waals surface area (Å²) >= 11 is 0. The Morgan fingerprint density at radius 2 is 2.00 bits per heavy atom. The third-order valence-electron chi connectivity index (χ3n) is 4.14. The van der Waals surface area contributed by atoms with Gasteiger partial charge in [-0.15, -0.1) is 0 Å². The molecule has 0 aliphatic carbocycles. The Balaban J connectivity index is 2.21.